The molecule has 0 spiro atoms. The van der Waals surface area contributed by atoms with Gasteiger partial charge < -0.3 is 9.47 Å². The second kappa shape index (κ2) is 5.70. The monoisotopic (exact) mass is 351 g/mol. The maximum atomic E-state index is 13.3. The summed E-state index contributed by atoms with van der Waals surface area (Å²) in [5, 5.41) is 10.1. The molecule has 2 bridgehead atoms. The van der Waals surface area contributed by atoms with E-state index in [2.05, 4.69) is 12.1 Å². The number of fused-ring (bicyclic) bond motifs is 2. The fourth-order valence-corrected chi connectivity index (χ4v) is 4.67. The van der Waals surface area contributed by atoms with Crippen LogP contribution in [0.5, 0.6) is 0 Å². The van der Waals surface area contributed by atoms with Gasteiger partial charge in [-0.3, -0.25) is 4.79 Å². The Hall–Kier alpha value is -2.61. The number of esters is 2. The lowest BCUT2D eigenvalue weighted by Crippen LogP contribution is -2.45. The van der Waals surface area contributed by atoms with E-state index in [0.29, 0.717) is 0 Å². The molecule has 1 saturated heterocycles. The molecule has 3 aliphatic rings. The molecule has 0 radical (unpaired) electrons. The van der Waals surface area contributed by atoms with Crippen molar-refractivity contribution in [3.8, 4) is 6.07 Å². The quantitative estimate of drug-likeness (QED) is 0.618. The molecule has 1 heterocycles. The second-order valence-electron chi connectivity index (χ2n) is 8.14. The van der Waals surface area contributed by atoms with Crippen molar-refractivity contribution in [1.29, 1.82) is 5.26 Å². The van der Waals surface area contributed by atoms with Crippen molar-refractivity contribution in [1.82, 2.24) is 0 Å². The van der Waals surface area contributed by atoms with E-state index in [4.69, 9.17) is 9.47 Å². The number of carbonyl (C=O) groups excluding carboxylic acids is 2. The van der Waals surface area contributed by atoms with Gasteiger partial charge in [0, 0.05) is 17.3 Å². The molecule has 0 N–H and O–H groups in total. The number of hydrogen-bond donors (Lipinski definition) is 0. The minimum atomic E-state index is -1.31. The molecule has 5 heteroatoms. The summed E-state index contributed by atoms with van der Waals surface area (Å²) in [6, 6.07) is 11.9. The van der Waals surface area contributed by atoms with Crippen LogP contribution in [0.1, 0.15) is 31.7 Å². The van der Waals surface area contributed by atoms with Crippen LogP contribution in [-0.2, 0) is 19.1 Å². The number of ether oxygens (including phenoxy) is 2. The molecule has 2 fully saturated rings. The van der Waals surface area contributed by atoms with E-state index in [1.807, 2.05) is 50.3 Å². The molecule has 1 aromatic carbocycles. The summed E-state index contributed by atoms with van der Waals surface area (Å²) in [5.41, 5.74) is -0.949. The van der Waals surface area contributed by atoms with Crippen molar-refractivity contribution in [2.45, 2.75) is 32.3 Å². The molecule has 1 aliphatic heterocycles. The third kappa shape index (κ3) is 2.21. The minimum absolute atomic E-state index is 0.123. The molecule has 4 rings (SSSR count). The average molecular weight is 351 g/mol. The fourth-order valence-electron chi connectivity index (χ4n) is 4.67. The standard InChI is InChI=1S/C21H21NO4/c1-20(2)12-25-18(23)17(20)26-19(24)21(11-22)15-9-8-14(10-15)16(21)13-6-4-3-5-7-13/h3-9,14-17H,10,12H2,1-2H3/t14-,15+,16+,17+,21+/m1/s1. The highest BCUT2D eigenvalue weighted by molar-refractivity contribution is 5.87. The summed E-state index contributed by atoms with van der Waals surface area (Å²) in [7, 11) is 0. The van der Waals surface area contributed by atoms with E-state index in [1.165, 1.54) is 0 Å². The number of hydrogen-bond acceptors (Lipinski definition) is 5. The van der Waals surface area contributed by atoms with Gasteiger partial charge in [-0.05, 0) is 17.9 Å². The highest BCUT2D eigenvalue weighted by atomic mass is 16.6. The first kappa shape index (κ1) is 16.8. The summed E-state index contributed by atoms with van der Waals surface area (Å²) in [4.78, 5) is 25.3. The summed E-state index contributed by atoms with van der Waals surface area (Å²) in [6.07, 6.45) is 3.83. The number of nitriles is 1. The third-order valence-corrected chi connectivity index (χ3v) is 6.04. The summed E-state index contributed by atoms with van der Waals surface area (Å²) in [5.74, 6) is -1.49. The van der Waals surface area contributed by atoms with Gasteiger partial charge in [0.1, 0.15) is 6.61 Å². The minimum Gasteiger partial charge on any atom is -0.462 e. The lowest BCUT2D eigenvalue weighted by molar-refractivity contribution is -0.171. The zero-order valence-electron chi connectivity index (χ0n) is 14.8. The number of allylic oxidation sites excluding steroid dienone is 2. The SMILES string of the molecule is CC1(C)COC(=O)[C@@H]1OC(=O)[C@@]1(C#N)[C@H]2C=C[C@H](C2)[C@@H]1c1ccccc1. The number of carbonyl (C=O) groups is 2. The predicted molar refractivity (Wildman–Crippen MR) is 92.6 cm³/mol. The van der Waals surface area contributed by atoms with Crippen molar-refractivity contribution >= 4 is 11.9 Å². The molecule has 134 valence electrons. The van der Waals surface area contributed by atoms with Gasteiger partial charge in [-0.2, -0.15) is 5.26 Å². The van der Waals surface area contributed by atoms with Gasteiger partial charge >= 0.3 is 11.9 Å². The van der Waals surface area contributed by atoms with Crippen LogP contribution in [0.2, 0.25) is 0 Å². The van der Waals surface area contributed by atoms with Crippen molar-refractivity contribution < 1.29 is 19.1 Å². The van der Waals surface area contributed by atoms with Crippen molar-refractivity contribution in [3.63, 3.8) is 0 Å². The van der Waals surface area contributed by atoms with Gasteiger partial charge in [0.25, 0.3) is 0 Å². The number of benzene rings is 1. The van der Waals surface area contributed by atoms with Crippen molar-refractivity contribution in [2.24, 2.45) is 22.7 Å². The Morgan fingerprint density at radius 1 is 1.27 bits per heavy atom. The molecule has 1 saturated carbocycles. The van der Waals surface area contributed by atoms with Crippen LogP contribution in [0.4, 0.5) is 0 Å². The van der Waals surface area contributed by atoms with Crippen LogP contribution in [0.15, 0.2) is 42.5 Å². The first-order valence-electron chi connectivity index (χ1n) is 8.92. The zero-order valence-corrected chi connectivity index (χ0v) is 14.8. The molecular weight excluding hydrogens is 330 g/mol. The van der Waals surface area contributed by atoms with Crippen molar-refractivity contribution in [3.05, 3.63) is 48.0 Å². The molecular formula is C21H21NO4. The van der Waals surface area contributed by atoms with Gasteiger partial charge in [-0.1, -0.05) is 56.3 Å². The molecule has 5 nitrogen and oxygen atoms in total. The Bertz CT molecular complexity index is 822. The normalized spacial score (nSPS) is 36.6. The highest BCUT2D eigenvalue weighted by Gasteiger charge is 2.64. The van der Waals surface area contributed by atoms with Gasteiger partial charge in [0.05, 0.1) is 6.07 Å². The van der Waals surface area contributed by atoms with E-state index < -0.39 is 28.9 Å². The second-order valence-corrected chi connectivity index (χ2v) is 8.14. The van der Waals surface area contributed by atoms with E-state index in [9.17, 15) is 14.9 Å². The molecule has 5 atom stereocenters. The average Bonchev–Trinajstić information content (AvgIpc) is 3.30. The van der Waals surface area contributed by atoms with E-state index in [1.54, 1.807) is 0 Å². The first-order valence-corrected chi connectivity index (χ1v) is 8.92. The smallest absolute Gasteiger partial charge is 0.348 e. The molecule has 0 unspecified atom stereocenters. The molecule has 0 amide bonds. The topological polar surface area (TPSA) is 76.4 Å². The summed E-state index contributed by atoms with van der Waals surface area (Å²) < 4.78 is 10.7. The van der Waals surface area contributed by atoms with Gasteiger partial charge in [-0.15, -0.1) is 0 Å². The van der Waals surface area contributed by atoms with Gasteiger partial charge in [0.2, 0.25) is 6.10 Å². The Kier molecular flexibility index (Phi) is 3.69. The first-order chi connectivity index (χ1) is 12.4. The molecule has 1 aromatic rings. The number of cyclic esters (lactones) is 1. The Labute approximate surface area is 152 Å². The number of rotatable bonds is 3. The van der Waals surface area contributed by atoms with Crippen LogP contribution in [0.25, 0.3) is 0 Å². The lowest BCUT2D eigenvalue weighted by atomic mass is 9.66. The lowest BCUT2D eigenvalue weighted by Gasteiger charge is -2.35. The largest absolute Gasteiger partial charge is 0.462 e. The summed E-state index contributed by atoms with van der Waals surface area (Å²) in [6.45, 7) is 3.85. The van der Waals surface area contributed by atoms with Crippen LogP contribution in [0.3, 0.4) is 0 Å². The van der Waals surface area contributed by atoms with Crippen LogP contribution in [-0.4, -0.2) is 24.6 Å². The molecule has 26 heavy (non-hydrogen) atoms. The Morgan fingerprint density at radius 2 is 2.00 bits per heavy atom. The maximum Gasteiger partial charge on any atom is 0.348 e. The Balaban J connectivity index is 1.72. The maximum absolute atomic E-state index is 13.3. The fraction of sp³-hybridized carbons (Fsp3) is 0.476. The Morgan fingerprint density at radius 3 is 2.62 bits per heavy atom. The summed E-state index contributed by atoms with van der Waals surface area (Å²) >= 11 is 0. The van der Waals surface area contributed by atoms with Crippen LogP contribution >= 0.6 is 0 Å². The van der Waals surface area contributed by atoms with Crippen molar-refractivity contribution in [2.75, 3.05) is 6.61 Å². The van der Waals surface area contributed by atoms with Crippen LogP contribution in [0, 0.1) is 34.0 Å². The van der Waals surface area contributed by atoms with E-state index in [-0.39, 0.29) is 24.4 Å². The number of nitrogens with zero attached hydrogens (tertiary/aromatic N) is 1. The van der Waals surface area contributed by atoms with E-state index in [0.717, 1.165) is 12.0 Å². The predicted octanol–water partition coefficient (Wildman–Crippen LogP) is 2.98. The highest BCUT2D eigenvalue weighted by Crippen LogP contribution is 2.61. The van der Waals surface area contributed by atoms with E-state index >= 15 is 0 Å². The zero-order chi connectivity index (χ0) is 18.5. The van der Waals surface area contributed by atoms with Gasteiger partial charge in [0.15, 0.2) is 5.41 Å². The third-order valence-electron chi connectivity index (χ3n) is 6.04. The van der Waals surface area contributed by atoms with Gasteiger partial charge in [-0.25, -0.2) is 4.79 Å². The molecule has 0 aromatic heterocycles. The van der Waals surface area contributed by atoms with Crippen LogP contribution < -0.4 is 0 Å². The molecule has 2 aliphatic carbocycles.